The van der Waals surface area contributed by atoms with Gasteiger partial charge in [-0.3, -0.25) is 9.78 Å². The summed E-state index contributed by atoms with van der Waals surface area (Å²) in [7, 11) is 0. The van der Waals surface area contributed by atoms with Crippen LogP contribution in [0, 0.1) is 5.82 Å². The molecule has 3 rings (SSSR count). The third-order valence-corrected chi connectivity index (χ3v) is 3.58. The molecule has 5 nitrogen and oxygen atoms in total. The SMILES string of the molecule is CC(Oc1ccccc1F)C(=O)NCc1cncc(-c2ccco2)c1. The number of carbonyl (C=O) groups is 1. The molecule has 128 valence electrons. The average Bonchev–Trinajstić information content (AvgIpc) is 3.16. The molecule has 0 radical (unpaired) electrons. The van der Waals surface area contributed by atoms with Crippen LogP contribution in [0.15, 0.2) is 65.5 Å². The normalized spacial score (nSPS) is 11.8. The minimum atomic E-state index is -0.821. The van der Waals surface area contributed by atoms with Gasteiger partial charge >= 0.3 is 0 Å². The van der Waals surface area contributed by atoms with Crippen molar-refractivity contribution in [3.8, 4) is 17.1 Å². The molecule has 1 unspecified atom stereocenters. The Kier molecular flexibility index (Phi) is 5.09. The molecule has 0 spiro atoms. The van der Waals surface area contributed by atoms with E-state index in [4.69, 9.17) is 9.15 Å². The maximum absolute atomic E-state index is 13.6. The number of hydrogen-bond acceptors (Lipinski definition) is 4. The highest BCUT2D eigenvalue weighted by Gasteiger charge is 2.16. The van der Waals surface area contributed by atoms with E-state index in [1.807, 2.05) is 12.1 Å². The summed E-state index contributed by atoms with van der Waals surface area (Å²) in [5.41, 5.74) is 1.65. The number of benzene rings is 1. The zero-order chi connectivity index (χ0) is 17.6. The monoisotopic (exact) mass is 340 g/mol. The summed E-state index contributed by atoms with van der Waals surface area (Å²) in [6, 6.07) is 11.5. The maximum Gasteiger partial charge on any atom is 0.261 e. The van der Waals surface area contributed by atoms with Crippen molar-refractivity contribution in [3.63, 3.8) is 0 Å². The van der Waals surface area contributed by atoms with Crippen LogP contribution in [-0.4, -0.2) is 17.0 Å². The first-order chi connectivity index (χ1) is 12.1. The van der Waals surface area contributed by atoms with Crippen LogP contribution in [0.25, 0.3) is 11.3 Å². The van der Waals surface area contributed by atoms with Crippen molar-refractivity contribution >= 4 is 5.91 Å². The van der Waals surface area contributed by atoms with Gasteiger partial charge in [-0.15, -0.1) is 0 Å². The second-order valence-corrected chi connectivity index (χ2v) is 5.47. The molecule has 1 amide bonds. The topological polar surface area (TPSA) is 64.4 Å². The summed E-state index contributed by atoms with van der Waals surface area (Å²) in [6.07, 6.45) is 4.12. The first-order valence-corrected chi connectivity index (χ1v) is 7.80. The number of nitrogens with zero attached hydrogens (tertiary/aromatic N) is 1. The fourth-order valence-corrected chi connectivity index (χ4v) is 2.28. The smallest absolute Gasteiger partial charge is 0.261 e. The van der Waals surface area contributed by atoms with Crippen molar-refractivity contribution in [2.24, 2.45) is 0 Å². The largest absolute Gasteiger partial charge is 0.478 e. The van der Waals surface area contributed by atoms with Crippen LogP contribution in [0.4, 0.5) is 4.39 Å². The standard InChI is InChI=1S/C19H17FN2O3/c1-13(25-18-6-3-2-5-16(18)20)19(23)22-11-14-9-15(12-21-10-14)17-7-4-8-24-17/h2-10,12-13H,11H2,1H3,(H,22,23). The fraction of sp³-hybridized carbons (Fsp3) is 0.158. The molecule has 0 aliphatic carbocycles. The van der Waals surface area contributed by atoms with Crippen molar-refractivity contribution in [2.75, 3.05) is 0 Å². The Morgan fingerprint density at radius 1 is 1.28 bits per heavy atom. The predicted octanol–water partition coefficient (Wildman–Crippen LogP) is 3.56. The number of pyridine rings is 1. The molecule has 6 heteroatoms. The van der Waals surface area contributed by atoms with E-state index in [1.165, 1.54) is 12.1 Å². The number of para-hydroxylation sites is 1. The van der Waals surface area contributed by atoms with Crippen LogP contribution in [0.5, 0.6) is 5.75 Å². The molecule has 1 N–H and O–H groups in total. The molecule has 0 saturated carbocycles. The number of furan rings is 1. The van der Waals surface area contributed by atoms with Crippen LogP contribution in [0.2, 0.25) is 0 Å². The number of amides is 1. The van der Waals surface area contributed by atoms with Crippen molar-refractivity contribution in [3.05, 3.63) is 72.5 Å². The molecule has 25 heavy (non-hydrogen) atoms. The van der Waals surface area contributed by atoms with E-state index in [1.54, 1.807) is 43.8 Å². The molecule has 0 aliphatic rings. The second kappa shape index (κ2) is 7.61. The number of hydrogen-bond donors (Lipinski definition) is 1. The number of carbonyl (C=O) groups excluding carboxylic acids is 1. The van der Waals surface area contributed by atoms with Gasteiger partial charge in [-0.25, -0.2) is 4.39 Å². The Morgan fingerprint density at radius 3 is 2.88 bits per heavy atom. The van der Waals surface area contributed by atoms with Crippen molar-refractivity contribution < 1.29 is 18.3 Å². The lowest BCUT2D eigenvalue weighted by atomic mass is 10.1. The van der Waals surface area contributed by atoms with Gasteiger partial charge < -0.3 is 14.5 Å². The van der Waals surface area contributed by atoms with Gasteiger partial charge in [0.25, 0.3) is 5.91 Å². The Balaban J connectivity index is 1.59. The van der Waals surface area contributed by atoms with Crippen molar-refractivity contribution in [2.45, 2.75) is 19.6 Å². The van der Waals surface area contributed by atoms with E-state index in [-0.39, 0.29) is 18.2 Å². The van der Waals surface area contributed by atoms with E-state index in [0.29, 0.717) is 5.76 Å². The molecule has 0 aliphatic heterocycles. The van der Waals surface area contributed by atoms with Gasteiger partial charge in [0.05, 0.1) is 6.26 Å². The van der Waals surface area contributed by atoms with Crippen LogP contribution >= 0.6 is 0 Å². The number of nitrogens with one attached hydrogen (secondary N) is 1. The molecular weight excluding hydrogens is 323 g/mol. The third kappa shape index (κ3) is 4.23. The number of halogens is 1. The average molecular weight is 340 g/mol. The van der Waals surface area contributed by atoms with Crippen LogP contribution < -0.4 is 10.1 Å². The minimum absolute atomic E-state index is 0.0478. The summed E-state index contributed by atoms with van der Waals surface area (Å²) in [5, 5.41) is 2.75. The molecule has 0 fully saturated rings. The van der Waals surface area contributed by atoms with Gasteiger partial charge in [0.2, 0.25) is 0 Å². The molecule has 1 atom stereocenters. The second-order valence-electron chi connectivity index (χ2n) is 5.47. The summed E-state index contributed by atoms with van der Waals surface area (Å²) < 4.78 is 24.3. The highest BCUT2D eigenvalue weighted by molar-refractivity contribution is 5.80. The van der Waals surface area contributed by atoms with Crippen LogP contribution in [0.1, 0.15) is 12.5 Å². The Morgan fingerprint density at radius 2 is 2.12 bits per heavy atom. The van der Waals surface area contributed by atoms with E-state index in [2.05, 4.69) is 10.3 Å². The third-order valence-electron chi connectivity index (χ3n) is 3.58. The van der Waals surface area contributed by atoms with Crippen molar-refractivity contribution in [1.29, 1.82) is 0 Å². The van der Waals surface area contributed by atoms with Crippen molar-refractivity contribution in [1.82, 2.24) is 10.3 Å². The number of rotatable bonds is 6. The van der Waals surface area contributed by atoms with E-state index in [0.717, 1.165) is 11.1 Å². The van der Waals surface area contributed by atoms with E-state index >= 15 is 0 Å². The fourth-order valence-electron chi connectivity index (χ4n) is 2.28. The summed E-state index contributed by atoms with van der Waals surface area (Å²) in [5.74, 6) is -0.0901. The van der Waals surface area contributed by atoms with E-state index in [9.17, 15) is 9.18 Å². The van der Waals surface area contributed by atoms with Gasteiger partial charge in [-0.1, -0.05) is 12.1 Å². The van der Waals surface area contributed by atoms with Gasteiger partial charge in [0, 0.05) is 24.5 Å². The van der Waals surface area contributed by atoms with Crippen LogP contribution in [-0.2, 0) is 11.3 Å². The molecule has 2 heterocycles. The first-order valence-electron chi connectivity index (χ1n) is 7.80. The Labute approximate surface area is 144 Å². The summed E-state index contributed by atoms with van der Waals surface area (Å²) in [4.78, 5) is 16.3. The molecule has 0 bridgehead atoms. The Bertz CT molecular complexity index is 849. The predicted molar refractivity (Wildman–Crippen MR) is 90.3 cm³/mol. The van der Waals surface area contributed by atoms with E-state index < -0.39 is 11.9 Å². The van der Waals surface area contributed by atoms with Gasteiger partial charge in [-0.2, -0.15) is 0 Å². The Hall–Kier alpha value is -3.15. The lowest BCUT2D eigenvalue weighted by molar-refractivity contribution is -0.127. The zero-order valence-electron chi connectivity index (χ0n) is 13.6. The minimum Gasteiger partial charge on any atom is -0.478 e. The van der Waals surface area contributed by atoms with Crippen LogP contribution in [0.3, 0.4) is 0 Å². The highest BCUT2D eigenvalue weighted by atomic mass is 19.1. The quantitative estimate of drug-likeness (QED) is 0.745. The maximum atomic E-state index is 13.6. The number of aromatic nitrogens is 1. The molecule has 1 aromatic carbocycles. The van der Waals surface area contributed by atoms with Gasteiger partial charge in [-0.05, 0) is 42.8 Å². The lowest BCUT2D eigenvalue weighted by Gasteiger charge is -2.15. The van der Waals surface area contributed by atoms with Gasteiger partial charge in [0.1, 0.15) is 5.76 Å². The van der Waals surface area contributed by atoms with Gasteiger partial charge in [0.15, 0.2) is 17.7 Å². The molecule has 2 aromatic heterocycles. The lowest BCUT2D eigenvalue weighted by Crippen LogP contribution is -2.36. The molecular formula is C19H17FN2O3. The zero-order valence-corrected chi connectivity index (χ0v) is 13.6. The molecule has 0 saturated heterocycles. The number of ether oxygens (including phenoxy) is 1. The summed E-state index contributed by atoms with van der Waals surface area (Å²) in [6.45, 7) is 1.85. The highest BCUT2D eigenvalue weighted by Crippen LogP contribution is 2.20. The molecule has 3 aromatic rings. The summed E-state index contributed by atoms with van der Waals surface area (Å²) >= 11 is 0. The first kappa shape index (κ1) is 16.7.